The number of carbonyl (C=O) groups is 1. The molecule has 0 bridgehead atoms. The van der Waals surface area contributed by atoms with Crippen LogP contribution in [0, 0.1) is 5.92 Å². The maximum atomic E-state index is 12.2. The van der Waals surface area contributed by atoms with Gasteiger partial charge in [0, 0.05) is 26.2 Å². The maximum absolute atomic E-state index is 12.2. The molecule has 0 spiro atoms. The quantitative estimate of drug-likeness (QED) is 0.813. The molecular weight excluding hydrogens is 314 g/mol. The zero-order valence-corrected chi connectivity index (χ0v) is 15.2. The Hall–Kier alpha value is -1.39. The summed E-state index contributed by atoms with van der Waals surface area (Å²) in [6, 6.07) is 8.34. The van der Waals surface area contributed by atoms with Gasteiger partial charge >= 0.3 is 0 Å². The fourth-order valence-electron chi connectivity index (χ4n) is 3.81. The van der Waals surface area contributed by atoms with Crippen molar-refractivity contribution in [3.63, 3.8) is 0 Å². The summed E-state index contributed by atoms with van der Waals surface area (Å²) in [6.07, 6.45) is 9.30. The standard InChI is InChI=1S/C21H31NO3/c23-21(14-17-5-2-1-3-6-17)22-15-18-7-4-8-19(13-18)16-25-20-9-11-24-12-10-20/h4,7-8,13,17,20H,1-3,5-6,9-12,14-16H2,(H,22,23). The van der Waals surface area contributed by atoms with E-state index in [0.717, 1.165) is 31.6 Å². The van der Waals surface area contributed by atoms with Gasteiger partial charge in [-0.2, -0.15) is 0 Å². The van der Waals surface area contributed by atoms with E-state index in [4.69, 9.17) is 9.47 Å². The second-order valence-corrected chi connectivity index (χ2v) is 7.43. The fraction of sp³-hybridized carbons (Fsp3) is 0.667. The monoisotopic (exact) mass is 345 g/mol. The molecule has 138 valence electrons. The first-order valence-corrected chi connectivity index (χ1v) is 9.83. The van der Waals surface area contributed by atoms with Crippen molar-refractivity contribution in [1.29, 1.82) is 0 Å². The summed E-state index contributed by atoms with van der Waals surface area (Å²) >= 11 is 0. The Balaban J connectivity index is 1.40. The number of ether oxygens (including phenoxy) is 2. The van der Waals surface area contributed by atoms with Crippen molar-refractivity contribution in [3.8, 4) is 0 Å². The third-order valence-corrected chi connectivity index (χ3v) is 5.33. The molecule has 0 aromatic heterocycles. The second-order valence-electron chi connectivity index (χ2n) is 7.43. The SMILES string of the molecule is O=C(CC1CCCCC1)NCc1cccc(COC2CCOCC2)c1. The number of hydrogen-bond donors (Lipinski definition) is 1. The summed E-state index contributed by atoms with van der Waals surface area (Å²) < 4.78 is 11.3. The van der Waals surface area contributed by atoms with Crippen molar-refractivity contribution in [2.24, 2.45) is 5.92 Å². The zero-order chi connectivity index (χ0) is 17.3. The van der Waals surface area contributed by atoms with Crippen LogP contribution in [0.2, 0.25) is 0 Å². The molecule has 3 rings (SSSR count). The van der Waals surface area contributed by atoms with Crippen molar-refractivity contribution in [2.75, 3.05) is 13.2 Å². The van der Waals surface area contributed by atoms with Gasteiger partial charge in [-0.1, -0.05) is 43.5 Å². The minimum absolute atomic E-state index is 0.191. The van der Waals surface area contributed by atoms with E-state index in [-0.39, 0.29) is 5.91 Å². The molecule has 1 saturated carbocycles. The third-order valence-electron chi connectivity index (χ3n) is 5.33. The molecule has 2 fully saturated rings. The molecule has 1 aromatic rings. The highest BCUT2D eigenvalue weighted by molar-refractivity contribution is 5.76. The van der Waals surface area contributed by atoms with Gasteiger partial charge in [-0.25, -0.2) is 0 Å². The molecule has 0 unspecified atom stereocenters. The summed E-state index contributed by atoms with van der Waals surface area (Å²) in [4.78, 5) is 12.2. The lowest BCUT2D eigenvalue weighted by Gasteiger charge is -2.22. The Morgan fingerprint density at radius 1 is 1.08 bits per heavy atom. The van der Waals surface area contributed by atoms with Crippen LogP contribution in [0.5, 0.6) is 0 Å². The number of rotatable bonds is 7. The van der Waals surface area contributed by atoms with Crippen LogP contribution in [-0.4, -0.2) is 25.2 Å². The third kappa shape index (κ3) is 6.44. The van der Waals surface area contributed by atoms with E-state index < -0.39 is 0 Å². The average Bonchev–Trinajstić information content (AvgIpc) is 2.67. The van der Waals surface area contributed by atoms with Crippen molar-refractivity contribution in [3.05, 3.63) is 35.4 Å². The van der Waals surface area contributed by atoms with Crippen LogP contribution in [0.25, 0.3) is 0 Å². The van der Waals surface area contributed by atoms with Gasteiger partial charge in [-0.15, -0.1) is 0 Å². The molecule has 25 heavy (non-hydrogen) atoms. The van der Waals surface area contributed by atoms with E-state index in [1.807, 2.05) is 6.07 Å². The topological polar surface area (TPSA) is 47.6 Å². The highest BCUT2D eigenvalue weighted by atomic mass is 16.5. The van der Waals surface area contributed by atoms with Crippen LogP contribution >= 0.6 is 0 Å². The van der Waals surface area contributed by atoms with Gasteiger partial charge in [0.05, 0.1) is 12.7 Å². The van der Waals surface area contributed by atoms with Crippen LogP contribution in [-0.2, 0) is 27.4 Å². The van der Waals surface area contributed by atoms with Gasteiger partial charge in [0.1, 0.15) is 0 Å². The lowest BCUT2D eigenvalue weighted by atomic mass is 9.87. The molecule has 1 saturated heterocycles. The van der Waals surface area contributed by atoms with E-state index in [1.54, 1.807) is 0 Å². The largest absolute Gasteiger partial charge is 0.381 e. The normalized spacial score (nSPS) is 19.7. The van der Waals surface area contributed by atoms with Crippen LogP contribution in [0.3, 0.4) is 0 Å². The van der Waals surface area contributed by atoms with E-state index in [2.05, 4.69) is 23.5 Å². The van der Waals surface area contributed by atoms with Gasteiger partial charge in [0.25, 0.3) is 0 Å². The van der Waals surface area contributed by atoms with Crippen LogP contribution in [0.1, 0.15) is 62.5 Å². The first kappa shape index (κ1) is 18.4. The Morgan fingerprint density at radius 3 is 2.64 bits per heavy atom. The predicted octanol–water partition coefficient (Wildman–Crippen LogP) is 3.97. The Bertz CT molecular complexity index is 534. The highest BCUT2D eigenvalue weighted by Gasteiger charge is 2.17. The van der Waals surface area contributed by atoms with E-state index in [1.165, 1.54) is 37.7 Å². The molecule has 0 radical (unpaired) electrons. The van der Waals surface area contributed by atoms with E-state index in [0.29, 0.717) is 31.6 Å². The van der Waals surface area contributed by atoms with E-state index >= 15 is 0 Å². The number of benzene rings is 1. The lowest BCUT2D eigenvalue weighted by molar-refractivity contribution is -0.122. The van der Waals surface area contributed by atoms with Crippen molar-refractivity contribution in [1.82, 2.24) is 5.32 Å². The molecule has 1 aliphatic carbocycles. The van der Waals surface area contributed by atoms with E-state index in [9.17, 15) is 4.79 Å². The van der Waals surface area contributed by atoms with Gasteiger partial charge in [0.15, 0.2) is 0 Å². The fourth-order valence-corrected chi connectivity index (χ4v) is 3.81. The van der Waals surface area contributed by atoms with Crippen molar-refractivity contribution >= 4 is 5.91 Å². The molecule has 2 aliphatic rings. The predicted molar refractivity (Wildman–Crippen MR) is 98.1 cm³/mol. The molecule has 1 heterocycles. The summed E-state index contributed by atoms with van der Waals surface area (Å²) in [5, 5.41) is 3.08. The lowest BCUT2D eigenvalue weighted by Crippen LogP contribution is -2.26. The Labute approximate surface area is 151 Å². The van der Waals surface area contributed by atoms with Crippen molar-refractivity contribution < 1.29 is 14.3 Å². The maximum Gasteiger partial charge on any atom is 0.220 e. The molecule has 1 amide bonds. The zero-order valence-electron chi connectivity index (χ0n) is 15.2. The minimum atomic E-state index is 0.191. The van der Waals surface area contributed by atoms with Gasteiger partial charge in [0.2, 0.25) is 5.91 Å². The number of amides is 1. The molecular formula is C21H31NO3. The number of carbonyl (C=O) groups excluding carboxylic acids is 1. The summed E-state index contributed by atoms with van der Waals surface area (Å²) in [5.41, 5.74) is 2.32. The van der Waals surface area contributed by atoms with Crippen LogP contribution in [0.4, 0.5) is 0 Å². The highest BCUT2D eigenvalue weighted by Crippen LogP contribution is 2.26. The second kappa shape index (κ2) is 9.93. The van der Waals surface area contributed by atoms with Gasteiger partial charge in [-0.05, 0) is 42.7 Å². The summed E-state index contributed by atoms with van der Waals surface area (Å²) in [6.45, 7) is 2.85. The summed E-state index contributed by atoms with van der Waals surface area (Å²) in [7, 11) is 0. The molecule has 4 nitrogen and oxygen atoms in total. The molecule has 4 heteroatoms. The summed E-state index contributed by atoms with van der Waals surface area (Å²) in [5.74, 6) is 0.781. The van der Waals surface area contributed by atoms with Crippen LogP contribution in [0.15, 0.2) is 24.3 Å². The first-order valence-electron chi connectivity index (χ1n) is 9.83. The van der Waals surface area contributed by atoms with Gasteiger partial charge < -0.3 is 14.8 Å². The Kier molecular flexibility index (Phi) is 7.31. The smallest absolute Gasteiger partial charge is 0.220 e. The number of hydrogen-bond acceptors (Lipinski definition) is 3. The molecule has 1 aliphatic heterocycles. The number of nitrogens with one attached hydrogen (secondary N) is 1. The molecule has 1 aromatic carbocycles. The van der Waals surface area contributed by atoms with Crippen LogP contribution < -0.4 is 5.32 Å². The molecule has 1 N–H and O–H groups in total. The van der Waals surface area contributed by atoms with Crippen molar-refractivity contribution in [2.45, 2.75) is 70.6 Å². The Morgan fingerprint density at radius 2 is 1.84 bits per heavy atom. The average molecular weight is 345 g/mol. The first-order chi connectivity index (χ1) is 12.3. The van der Waals surface area contributed by atoms with Gasteiger partial charge in [-0.3, -0.25) is 4.79 Å². The minimum Gasteiger partial charge on any atom is -0.381 e. The molecule has 0 atom stereocenters.